The van der Waals surface area contributed by atoms with Crippen molar-refractivity contribution in [1.82, 2.24) is 15.5 Å². The van der Waals surface area contributed by atoms with Crippen LogP contribution in [0.5, 0.6) is 0 Å². The van der Waals surface area contributed by atoms with Crippen molar-refractivity contribution in [2.24, 2.45) is 0 Å². The number of nitrogens with one attached hydrogen (secondary N) is 2. The summed E-state index contributed by atoms with van der Waals surface area (Å²) in [6.07, 6.45) is -0.834. The van der Waals surface area contributed by atoms with E-state index in [0.717, 1.165) is 16.0 Å². The van der Waals surface area contributed by atoms with E-state index in [1.54, 1.807) is 40.7 Å². The van der Waals surface area contributed by atoms with Crippen molar-refractivity contribution in [3.63, 3.8) is 0 Å². The minimum Gasteiger partial charge on any atom is -0.466 e. The minimum atomic E-state index is -1.16. The Labute approximate surface area is 206 Å². The highest BCUT2D eigenvalue weighted by Gasteiger charge is 2.35. The molecule has 0 saturated carbocycles. The van der Waals surface area contributed by atoms with Gasteiger partial charge in [0.25, 0.3) is 0 Å². The Hall–Kier alpha value is -3.61. The Morgan fingerprint density at radius 3 is 2.40 bits per heavy atom. The SMILES string of the molecule is CCOC(=O)CCNC(=O)C(c1cc(C)ccc1C)N(CC#N)C(=O)C(C)NC(=O)OC(C)(C)C. The van der Waals surface area contributed by atoms with Crippen molar-refractivity contribution < 1.29 is 28.7 Å². The second-order valence-electron chi connectivity index (χ2n) is 9.10. The third-order valence-electron chi connectivity index (χ3n) is 4.85. The Kier molecular flexibility index (Phi) is 11.2. The summed E-state index contributed by atoms with van der Waals surface area (Å²) >= 11 is 0. The van der Waals surface area contributed by atoms with Gasteiger partial charge in [-0.2, -0.15) is 5.26 Å². The molecule has 2 unspecified atom stereocenters. The average Bonchev–Trinajstić information content (AvgIpc) is 2.74. The average molecular weight is 489 g/mol. The summed E-state index contributed by atoms with van der Waals surface area (Å²) in [5.41, 5.74) is 1.37. The van der Waals surface area contributed by atoms with Crippen LogP contribution in [0.3, 0.4) is 0 Å². The second-order valence-corrected chi connectivity index (χ2v) is 9.10. The molecule has 0 aliphatic rings. The maximum atomic E-state index is 13.4. The van der Waals surface area contributed by atoms with Crippen molar-refractivity contribution >= 4 is 23.9 Å². The normalized spacial score (nSPS) is 12.5. The van der Waals surface area contributed by atoms with E-state index in [2.05, 4.69) is 10.6 Å². The number of nitrogens with zero attached hydrogens (tertiary/aromatic N) is 2. The molecule has 1 aromatic rings. The smallest absolute Gasteiger partial charge is 0.408 e. The molecule has 0 aliphatic carbocycles. The number of ether oxygens (including phenoxy) is 2. The molecule has 192 valence electrons. The molecule has 10 nitrogen and oxygen atoms in total. The molecule has 0 fully saturated rings. The summed E-state index contributed by atoms with van der Waals surface area (Å²) in [5.74, 6) is -1.66. The van der Waals surface area contributed by atoms with Gasteiger partial charge in [-0.1, -0.05) is 23.8 Å². The first kappa shape index (κ1) is 29.4. The van der Waals surface area contributed by atoms with E-state index in [9.17, 15) is 24.4 Å². The van der Waals surface area contributed by atoms with Crippen LogP contribution in [0.2, 0.25) is 0 Å². The van der Waals surface area contributed by atoms with E-state index < -0.39 is 48.1 Å². The predicted octanol–water partition coefficient (Wildman–Crippen LogP) is 2.68. The van der Waals surface area contributed by atoms with Crippen molar-refractivity contribution in [2.45, 2.75) is 72.6 Å². The van der Waals surface area contributed by atoms with Crippen LogP contribution in [0.15, 0.2) is 18.2 Å². The number of amides is 3. The van der Waals surface area contributed by atoms with Gasteiger partial charge in [0, 0.05) is 6.54 Å². The lowest BCUT2D eigenvalue weighted by molar-refractivity contribution is -0.144. The van der Waals surface area contributed by atoms with Gasteiger partial charge in [0.05, 0.1) is 19.1 Å². The van der Waals surface area contributed by atoms with Crippen LogP contribution >= 0.6 is 0 Å². The Bertz CT molecular complexity index is 964. The highest BCUT2D eigenvalue weighted by atomic mass is 16.6. The Morgan fingerprint density at radius 2 is 1.83 bits per heavy atom. The van der Waals surface area contributed by atoms with E-state index in [-0.39, 0.29) is 19.6 Å². The molecule has 35 heavy (non-hydrogen) atoms. The van der Waals surface area contributed by atoms with Crippen LogP contribution < -0.4 is 10.6 Å². The second kappa shape index (κ2) is 13.3. The van der Waals surface area contributed by atoms with Crippen molar-refractivity contribution in [2.75, 3.05) is 19.7 Å². The Morgan fingerprint density at radius 1 is 1.17 bits per heavy atom. The van der Waals surface area contributed by atoms with Crippen LogP contribution in [0.1, 0.15) is 63.8 Å². The van der Waals surface area contributed by atoms with Gasteiger partial charge >= 0.3 is 12.1 Å². The molecule has 0 heterocycles. The summed E-state index contributed by atoms with van der Waals surface area (Å²) < 4.78 is 10.1. The zero-order valence-corrected chi connectivity index (χ0v) is 21.6. The fourth-order valence-electron chi connectivity index (χ4n) is 3.29. The molecule has 0 aromatic heterocycles. The third-order valence-corrected chi connectivity index (χ3v) is 4.85. The number of esters is 1. The molecular weight excluding hydrogens is 452 g/mol. The lowest BCUT2D eigenvalue weighted by Crippen LogP contribution is -2.52. The van der Waals surface area contributed by atoms with E-state index in [1.807, 2.05) is 25.1 Å². The summed E-state index contributed by atoms with van der Waals surface area (Å²) in [6, 6.07) is 5.17. The quantitative estimate of drug-likeness (QED) is 0.381. The molecule has 0 radical (unpaired) electrons. The first-order valence-electron chi connectivity index (χ1n) is 11.5. The maximum Gasteiger partial charge on any atom is 0.408 e. The van der Waals surface area contributed by atoms with Crippen LogP contribution in [0, 0.1) is 25.2 Å². The molecule has 0 bridgehead atoms. The number of hydrogen-bond donors (Lipinski definition) is 2. The highest BCUT2D eigenvalue weighted by Crippen LogP contribution is 2.26. The van der Waals surface area contributed by atoms with Crippen LogP contribution in [-0.2, 0) is 23.9 Å². The molecule has 3 amide bonds. The van der Waals surface area contributed by atoms with Crippen LogP contribution in [-0.4, -0.2) is 60.1 Å². The molecule has 2 N–H and O–H groups in total. The van der Waals surface area contributed by atoms with Gasteiger partial charge in [-0.05, 0) is 59.6 Å². The standard InChI is InChI=1S/C25H36N4O6/c1-8-34-20(30)11-13-27-22(31)21(19-15-16(2)9-10-17(19)3)29(14-12-26)23(32)18(4)28-24(33)35-25(5,6)7/h9-10,15,18,21H,8,11,13-14H2,1-7H3,(H,27,31)(H,28,33). The maximum absolute atomic E-state index is 13.4. The fraction of sp³-hybridized carbons (Fsp3) is 0.560. The van der Waals surface area contributed by atoms with Gasteiger partial charge in [-0.15, -0.1) is 0 Å². The number of aryl methyl sites for hydroxylation is 2. The van der Waals surface area contributed by atoms with Gasteiger partial charge in [0.2, 0.25) is 11.8 Å². The molecule has 0 saturated heterocycles. The zero-order valence-electron chi connectivity index (χ0n) is 21.6. The van der Waals surface area contributed by atoms with Gasteiger partial charge in [-0.25, -0.2) is 4.79 Å². The number of alkyl carbamates (subject to hydrolysis) is 1. The van der Waals surface area contributed by atoms with E-state index >= 15 is 0 Å². The predicted molar refractivity (Wildman–Crippen MR) is 129 cm³/mol. The fourth-order valence-corrected chi connectivity index (χ4v) is 3.29. The number of nitriles is 1. The molecule has 1 rings (SSSR count). The van der Waals surface area contributed by atoms with Gasteiger partial charge in [-0.3, -0.25) is 14.4 Å². The molecule has 0 aliphatic heterocycles. The third kappa shape index (κ3) is 9.65. The highest BCUT2D eigenvalue weighted by molar-refractivity contribution is 5.92. The first-order valence-corrected chi connectivity index (χ1v) is 11.5. The molecule has 10 heteroatoms. The zero-order chi connectivity index (χ0) is 26.8. The van der Waals surface area contributed by atoms with Crippen molar-refractivity contribution in [3.05, 3.63) is 34.9 Å². The summed E-state index contributed by atoms with van der Waals surface area (Å²) in [7, 11) is 0. The lowest BCUT2D eigenvalue weighted by Gasteiger charge is -2.32. The van der Waals surface area contributed by atoms with Gasteiger partial charge < -0.3 is 25.0 Å². The monoisotopic (exact) mass is 488 g/mol. The summed E-state index contributed by atoms with van der Waals surface area (Å²) in [5, 5.41) is 14.6. The number of hydrogen-bond acceptors (Lipinski definition) is 7. The van der Waals surface area contributed by atoms with Crippen molar-refractivity contribution in [3.8, 4) is 6.07 Å². The number of carbonyl (C=O) groups excluding carboxylic acids is 4. The number of carbonyl (C=O) groups is 4. The van der Waals surface area contributed by atoms with E-state index in [4.69, 9.17) is 9.47 Å². The van der Waals surface area contributed by atoms with Gasteiger partial charge in [0.15, 0.2) is 0 Å². The topological polar surface area (TPSA) is 138 Å². The van der Waals surface area contributed by atoms with E-state index in [0.29, 0.717) is 5.56 Å². The summed E-state index contributed by atoms with van der Waals surface area (Å²) in [4.78, 5) is 51.7. The number of rotatable bonds is 10. The van der Waals surface area contributed by atoms with E-state index in [1.165, 1.54) is 6.92 Å². The molecule has 2 atom stereocenters. The van der Waals surface area contributed by atoms with Crippen molar-refractivity contribution in [1.29, 1.82) is 5.26 Å². The summed E-state index contributed by atoms with van der Waals surface area (Å²) in [6.45, 7) is 11.7. The van der Waals surface area contributed by atoms with Crippen LogP contribution in [0.25, 0.3) is 0 Å². The molecular formula is C25H36N4O6. The minimum absolute atomic E-state index is 0.000668. The largest absolute Gasteiger partial charge is 0.466 e. The van der Waals surface area contributed by atoms with Gasteiger partial charge in [0.1, 0.15) is 24.2 Å². The molecule has 1 aromatic carbocycles. The number of benzene rings is 1. The Balaban J connectivity index is 3.27. The molecule has 0 spiro atoms. The lowest BCUT2D eigenvalue weighted by atomic mass is 9.96. The van der Waals surface area contributed by atoms with Crippen LogP contribution in [0.4, 0.5) is 4.79 Å². The first-order chi connectivity index (χ1) is 16.3.